The van der Waals surface area contributed by atoms with Crippen LogP contribution in [0.4, 0.5) is 0 Å². The van der Waals surface area contributed by atoms with Crippen LogP contribution < -0.4 is 5.32 Å². The Morgan fingerprint density at radius 3 is 1.89 bits per heavy atom. The molecule has 0 bridgehead atoms. The van der Waals surface area contributed by atoms with Crippen molar-refractivity contribution in [1.82, 2.24) is 5.32 Å². The molecule has 2 aromatic carbocycles. The highest BCUT2D eigenvalue weighted by molar-refractivity contribution is 5.92. The molecule has 19 heavy (non-hydrogen) atoms. The quantitative estimate of drug-likeness (QED) is 0.888. The lowest BCUT2D eigenvalue weighted by Crippen LogP contribution is -2.34. The summed E-state index contributed by atoms with van der Waals surface area (Å²) in [5, 5.41) is 3.47. The van der Waals surface area contributed by atoms with Crippen LogP contribution in [0.2, 0.25) is 0 Å². The monoisotopic (exact) mass is 250 g/mol. The molecule has 2 heteroatoms. The molecule has 0 radical (unpaired) electrons. The summed E-state index contributed by atoms with van der Waals surface area (Å²) in [6, 6.07) is 21.2. The largest absolute Gasteiger partial charge is 0.373 e. The molecule has 1 heterocycles. The van der Waals surface area contributed by atoms with E-state index in [1.165, 1.54) is 11.1 Å². The van der Waals surface area contributed by atoms with Crippen LogP contribution >= 0.6 is 0 Å². The van der Waals surface area contributed by atoms with Crippen molar-refractivity contribution in [2.75, 3.05) is 13.1 Å². The zero-order chi connectivity index (χ0) is 12.9. The smallest absolute Gasteiger partial charge is 0.108 e. The second-order valence-corrected chi connectivity index (χ2v) is 4.80. The maximum Gasteiger partial charge on any atom is 0.108 e. The molecule has 2 aromatic rings. The van der Waals surface area contributed by atoms with Crippen molar-refractivity contribution in [2.24, 2.45) is 4.99 Å². The number of nitrogens with zero attached hydrogens (tertiary/aromatic N) is 1. The Morgan fingerprint density at radius 2 is 1.42 bits per heavy atom. The number of hydrogen-bond acceptors (Lipinski definition) is 2. The normalized spacial score (nSPS) is 14.9. The van der Waals surface area contributed by atoms with Gasteiger partial charge in [0.25, 0.3) is 0 Å². The minimum absolute atomic E-state index is 0.225. The molecule has 0 aromatic heterocycles. The Morgan fingerprint density at radius 1 is 0.842 bits per heavy atom. The Bertz CT molecular complexity index is 506. The van der Waals surface area contributed by atoms with E-state index in [1.807, 2.05) is 0 Å². The summed E-state index contributed by atoms with van der Waals surface area (Å²) in [6.07, 6.45) is 1.12. The predicted octanol–water partition coefficient (Wildman–Crippen LogP) is 3.21. The van der Waals surface area contributed by atoms with Gasteiger partial charge in [0.15, 0.2) is 0 Å². The second-order valence-electron chi connectivity index (χ2n) is 4.80. The lowest BCUT2D eigenvalue weighted by molar-refractivity contribution is 0.720. The number of rotatable bonds is 3. The summed E-state index contributed by atoms with van der Waals surface area (Å²) >= 11 is 0. The van der Waals surface area contributed by atoms with Crippen molar-refractivity contribution >= 4 is 5.84 Å². The van der Waals surface area contributed by atoms with E-state index in [0.717, 1.165) is 25.3 Å². The molecule has 1 N–H and O–H groups in total. The van der Waals surface area contributed by atoms with Gasteiger partial charge in [-0.25, -0.2) is 0 Å². The zero-order valence-electron chi connectivity index (χ0n) is 10.9. The molecule has 0 fully saturated rings. The molecule has 0 amide bonds. The summed E-state index contributed by atoms with van der Waals surface area (Å²) < 4.78 is 0. The van der Waals surface area contributed by atoms with Gasteiger partial charge in [0.2, 0.25) is 0 Å². The number of aliphatic imine (C=N–C) groups is 1. The van der Waals surface area contributed by atoms with Gasteiger partial charge >= 0.3 is 0 Å². The van der Waals surface area contributed by atoms with Gasteiger partial charge in [-0.2, -0.15) is 0 Å². The average Bonchev–Trinajstić information content (AvgIpc) is 2.51. The molecule has 0 aliphatic carbocycles. The number of hydrogen-bond donors (Lipinski definition) is 1. The summed E-state index contributed by atoms with van der Waals surface area (Å²) in [6.45, 7) is 1.95. The second kappa shape index (κ2) is 5.70. The van der Waals surface area contributed by atoms with Crippen molar-refractivity contribution in [2.45, 2.75) is 12.3 Å². The van der Waals surface area contributed by atoms with E-state index in [0.29, 0.717) is 0 Å². The van der Waals surface area contributed by atoms with E-state index in [9.17, 15) is 0 Å². The van der Waals surface area contributed by atoms with E-state index >= 15 is 0 Å². The fraction of sp³-hybridized carbons (Fsp3) is 0.235. The third-order valence-corrected chi connectivity index (χ3v) is 3.46. The summed E-state index contributed by atoms with van der Waals surface area (Å²) in [5.74, 6) is 1.33. The van der Waals surface area contributed by atoms with Crippen molar-refractivity contribution in [3.05, 3.63) is 71.8 Å². The molecule has 0 spiro atoms. The van der Waals surface area contributed by atoms with E-state index in [2.05, 4.69) is 71.0 Å². The highest BCUT2D eigenvalue weighted by Gasteiger charge is 2.21. The fourth-order valence-electron chi connectivity index (χ4n) is 2.54. The maximum atomic E-state index is 4.69. The third kappa shape index (κ3) is 2.68. The number of benzene rings is 2. The molecular formula is C17H18N2. The molecule has 0 atom stereocenters. The van der Waals surface area contributed by atoms with Crippen LogP contribution in [0.15, 0.2) is 65.7 Å². The van der Waals surface area contributed by atoms with Gasteiger partial charge in [-0.05, 0) is 17.5 Å². The van der Waals surface area contributed by atoms with Gasteiger partial charge < -0.3 is 5.32 Å². The number of nitrogens with one attached hydrogen (secondary N) is 1. The van der Waals surface area contributed by atoms with Gasteiger partial charge in [-0.3, -0.25) is 4.99 Å². The minimum atomic E-state index is 0.225. The first kappa shape index (κ1) is 12.0. The topological polar surface area (TPSA) is 24.4 Å². The summed E-state index contributed by atoms with van der Waals surface area (Å²) in [4.78, 5) is 4.69. The maximum absolute atomic E-state index is 4.69. The van der Waals surface area contributed by atoms with Gasteiger partial charge in [0, 0.05) is 13.1 Å². The van der Waals surface area contributed by atoms with Crippen molar-refractivity contribution < 1.29 is 0 Å². The van der Waals surface area contributed by atoms with Crippen LogP contribution in [-0.4, -0.2) is 18.9 Å². The SMILES string of the molecule is c1ccc(C(C2=NCCCN2)c2ccccc2)cc1. The lowest BCUT2D eigenvalue weighted by atomic mass is 9.89. The lowest BCUT2D eigenvalue weighted by Gasteiger charge is -2.24. The van der Waals surface area contributed by atoms with Crippen LogP contribution in [-0.2, 0) is 0 Å². The molecule has 2 nitrogen and oxygen atoms in total. The molecule has 0 saturated carbocycles. The van der Waals surface area contributed by atoms with Crippen LogP contribution in [0.1, 0.15) is 23.5 Å². The van der Waals surface area contributed by atoms with Crippen LogP contribution in [0.3, 0.4) is 0 Å². The molecule has 0 unspecified atom stereocenters. The highest BCUT2D eigenvalue weighted by Crippen LogP contribution is 2.26. The standard InChI is InChI=1S/C17H18N2/c1-3-8-14(9-4-1)16(15-10-5-2-6-11-15)17-18-12-7-13-19-17/h1-6,8-11,16H,7,12-13H2,(H,18,19). The van der Waals surface area contributed by atoms with Crippen molar-refractivity contribution in [3.63, 3.8) is 0 Å². The third-order valence-electron chi connectivity index (χ3n) is 3.46. The first-order valence-electron chi connectivity index (χ1n) is 6.83. The van der Waals surface area contributed by atoms with Crippen LogP contribution in [0, 0.1) is 0 Å². The van der Waals surface area contributed by atoms with E-state index < -0.39 is 0 Å². The first-order valence-corrected chi connectivity index (χ1v) is 6.83. The van der Waals surface area contributed by atoms with Gasteiger partial charge in [0.05, 0.1) is 5.92 Å². The van der Waals surface area contributed by atoms with Gasteiger partial charge in [-0.1, -0.05) is 60.7 Å². The molecule has 1 aliphatic heterocycles. The number of amidine groups is 1. The van der Waals surface area contributed by atoms with Crippen molar-refractivity contribution in [1.29, 1.82) is 0 Å². The van der Waals surface area contributed by atoms with Crippen LogP contribution in [0.5, 0.6) is 0 Å². The molecule has 1 aliphatic rings. The predicted molar refractivity (Wildman–Crippen MR) is 79.6 cm³/mol. The highest BCUT2D eigenvalue weighted by atomic mass is 15.0. The fourth-order valence-corrected chi connectivity index (χ4v) is 2.54. The first-order chi connectivity index (χ1) is 9.45. The van der Waals surface area contributed by atoms with Gasteiger partial charge in [-0.15, -0.1) is 0 Å². The van der Waals surface area contributed by atoms with E-state index in [-0.39, 0.29) is 5.92 Å². The summed E-state index contributed by atoms with van der Waals surface area (Å²) in [7, 11) is 0. The molecule has 96 valence electrons. The van der Waals surface area contributed by atoms with Crippen LogP contribution in [0.25, 0.3) is 0 Å². The Balaban J connectivity index is 2.03. The molecule has 3 rings (SSSR count). The minimum Gasteiger partial charge on any atom is -0.373 e. The van der Waals surface area contributed by atoms with Crippen molar-refractivity contribution in [3.8, 4) is 0 Å². The molecule has 0 saturated heterocycles. The Kier molecular flexibility index (Phi) is 3.59. The van der Waals surface area contributed by atoms with E-state index in [1.54, 1.807) is 0 Å². The Labute approximate surface area is 114 Å². The molecular weight excluding hydrogens is 232 g/mol. The van der Waals surface area contributed by atoms with E-state index in [4.69, 9.17) is 0 Å². The van der Waals surface area contributed by atoms with Gasteiger partial charge in [0.1, 0.15) is 5.84 Å². The summed E-state index contributed by atoms with van der Waals surface area (Å²) in [5.41, 5.74) is 2.59. The average molecular weight is 250 g/mol. The Hall–Kier alpha value is -2.09. The zero-order valence-corrected chi connectivity index (χ0v) is 10.9.